The van der Waals surface area contributed by atoms with Gasteiger partial charge in [0.1, 0.15) is 11.1 Å². The van der Waals surface area contributed by atoms with Gasteiger partial charge in [0.2, 0.25) is 9.84 Å². The zero-order valence-corrected chi connectivity index (χ0v) is 19.1. The number of sulfone groups is 1. The summed E-state index contributed by atoms with van der Waals surface area (Å²) in [6.07, 6.45) is 0.784. The molecule has 31 heavy (non-hydrogen) atoms. The normalized spacial score (nSPS) is 12.0. The third-order valence-electron chi connectivity index (χ3n) is 4.91. The lowest BCUT2D eigenvalue weighted by Gasteiger charge is -2.16. The van der Waals surface area contributed by atoms with Crippen LogP contribution in [0, 0.1) is 18.3 Å². The lowest BCUT2D eigenvalue weighted by Crippen LogP contribution is -2.11. The fourth-order valence-corrected chi connectivity index (χ4v) is 5.76. The van der Waals surface area contributed by atoms with Crippen LogP contribution in [-0.2, 0) is 22.0 Å². The van der Waals surface area contributed by atoms with Crippen LogP contribution in [0.3, 0.4) is 0 Å². The molecule has 4 nitrogen and oxygen atoms in total. The van der Waals surface area contributed by atoms with Crippen molar-refractivity contribution >= 4 is 27.3 Å². The van der Waals surface area contributed by atoms with E-state index in [1.165, 1.54) is 23.9 Å². The number of hydrogen-bond acceptors (Lipinski definition) is 5. The summed E-state index contributed by atoms with van der Waals surface area (Å²) in [5, 5.41) is 13.5. The van der Waals surface area contributed by atoms with Crippen LogP contribution in [-0.4, -0.2) is 8.42 Å². The maximum absolute atomic E-state index is 13.3. The van der Waals surface area contributed by atoms with Crippen LogP contribution in [0.15, 0.2) is 93.7 Å². The van der Waals surface area contributed by atoms with Crippen LogP contribution in [0.1, 0.15) is 23.6 Å². The first kappa shape index (κ1) is 22.7. The minimum Gasteiger partial charge on any atom is -0.348 e. The van der Waals surface area contributed by atoms with E-state index in [-0.39, 0.29) is 9.80 Å². The molecule has 0 saturated heterocycles. The van der Waals surface area contributed by atoms with Gasteiger partial charge in [-0.15, -0.1) is 11.8 Å². The highest BCUT2D eigenvalue weighted by atomic mass is 32.2. The minimum atomic E-state index is -3.97. The summed E-state index contributed by atoms with van der Waals surface area (Å²) >= 11 is 1.32. The van der Waals surface area contributed by atoms with E-state index in [1.807, 2.05) is 68.4 Å². The first-order valence-electron chi connectivity index (χ1n) is 9.94. The van der Waals surface area contributed by atoms with Crippen LogP contribution in [0.2, 0.25) is 0 Å². The summed E-state index contributed by atoms with van der Waals surface area (Å²) < 4.78 is 26.6. The van der Waals surface area contributed by atoms with Gasteiger partial charge in [0, 0.05) is 11.4 Å². The maximum atomic E-state index is 13.3. The van der Waals surface area contributed by atoms with E-state index in [1.54, 1.807) is 18.2 Å². The van der Waals surface area contributed by atoms with Crippen LogP contribution in [0.4, 0.5) is 5.69 Å². The topological polar surface area (TPSA) is 70.0 Å². The van der Waals surface area contributed by atoms with Gasteiger partial charge in [0.05, 0.1) is 4.90 Å². The number of para-hydroxylation sites is 1. The molecule has 0 aromatic heterocycles. The zero-order chi connectivity index (χ0) is 22.3. The highest BCUT2D eigenvalue weighted by molar-refractivity contribution is 8.04. The van der Waals surface area contributed by atoms with E-state index >= 15 is 0 Å². The predicted octanol–water partition coefficient (Wildman–Crippen LogP) is 6.07. The summed E-state index contributed by atoms with van der Waals surface area (Å²) in [7, 11) is -3.97. The molecule has 0 spiro atoms. The molecule has 0 radical (unpaired) electrons. The molecule has 0 aliphatic heterocycles. The molecule has 3 rings (SSSR count). The lowest BCUT2D eigenvalue weighted by molar-refractivity contribution is 0.603. The number of nitrogens with one attached hydrogen (secondary N) is 1. The average molecular weight is 449 g/mol. The Morgan fingerprint density at radius 1 is 0.935 bits per heavy atom. The molecule has 3 aromatic rings. The smallest absolute Gasteiger partial charge is 0.219 e. The molecule has 0 atom stereocenters. The van der Waals surface area contributed by atoms with E-state index in [0.29, 0.717) is 10.8 Å². The van der Waals surface area contributed by atoms with Gasteiger partial charge < -0.3 is 5.32 Å². The lowest BCUT2D eigenvalue weighted by atomic mass is 10.1. The number of rotatable bonds is 8. The first-order chi connectivity index (χ1) is 15.0. The molecule has 3 aromatic carbocycles. The third kappa shape index (κ3) is 5.38. The van der Waals surface area contributed by atoms with Crippen molar-refractivity contribution in [3.63, 3.8) is 0 Å². The number of anilines is 1. The molecule has 0 aliphatic rings. The maximum Gasteiger partial charge on any atom is 0.219 e. The summed E-state index contributed by atoms with van der Waals surface area (Å²) in [5.41, 5.74) is 4.05. The first-order valence-corrected chi connectivity index (χ1v) is 12.4. The van der Waals surface area contributed by atoms with Crippen LogP contribution in [0.25, 0.3) is 0 Å². The molecule has 0 fully saturated rings. The number of nitriles is 1. The second-order valence-electron chi connectivity index (χ2n) is 6.94. The highest BCUT2D eigenvalue weighted by Crippen LogP contribution is 2.32. The van der Waals surface area contributed by atoms with Gasteiger partial charge >= 0.3 is 0 Å². The second kappa shape index (κ2) is 10.3. The largest absolute Gasteiger partial charge is 0.348 e. The van der Waals surface area contributed by atoms with Crippen LogP contribution >= 0.6 is 11.8 Å². The molecular formula is C25H24N2O2S2. The molecule has 0 amide bonds. The molecule has 1 N–H and O–H groups in total. The zero-order valence-electron chi connectivity index (χ0n) is 17.5. The molecular weight excluding hydrogens is 424 g/mol. The number of hydrogen-bond donors (Lipinski definition) is 1. The van der Waals surface area contributed by atoms with Crippen molar-refractivity contribution < 1.29 is 8.42 Å². The molecule has 0 heterocycles. The predicted molar refractivity (Wildman–Crippen MR) is 128 cm³/mol. The molecule has 0 bridgehead atoms. The van der Waals surface area contributed by atoms with Crippen LogP contribution < -0.4 is 5.32 Å². The molecule has 0 saturated carbocycles. The number of aryl methyl sites for hydroxylation is 2. The Kier molecular flexibility index (Phi) is 7.56. The van der Waals surface area contributed by atoms with Gasteiger partial charge in [-0.25, -0.2) is 8.42 Å². The number of thioether (sulfide) groups is 1. The minimum absolute atomic E-state index is 0.103. The van der Waals surface area contributed by atoms with Gasteiger partial charge in [-0.1, -0.05) is 67.6 Å². The third-order valence-corrected chi connectivity index (χ3v) is 7.81. The Labute approximate surface area is 188 Å². The van der Waals surface area contributed by atoms with Gasteiger partial charge in [-0.05, 0) is 48.2 Å². The van der Waals surface area contributed by atoms with Crippen molar-refractivity contribution in [3.05, 3.63) is 105 Å². The Morgan fingerprint density at radius 3 is 2.19 bits per heavy atom. The second-order valence-corrected chi connectivity index (χ2v) is 9.81. The van der Waals surface area contributed by atoms with E-state index in [4.69, 9.17) is 0 Å². The van der Waals surface area contributed by atoms with Crippen molar-refractivity contribution in [1.82, 2.24) is 0 Å². The van der Waals surface area contributed by atoms with E-state index in [0.717, 1.165) is 28.8 Å². The van der Waals surface area contributed by atoms with E-state index in [2.05, 4.69) is 5.32 Å². The summed E-state index contributed by atoms with van der Waals surface area (Å²) in [5.74, 6) is 0.540. The van der Waals surface area contributed by atoms with Crippen molar-refractivity contribution in [2.75, 3.05) is 5.32 Å². The van der Waals surface area contributed by atoms with Crippen LogP contribution in [0.5, 0.6) is 0 Å². The summed E-state index contributed by atoms with van der Waals surface area (Å²) in [6, 6.07) is 25.7. The van der Waals surface area contributed by atoms with Crippen molar-refractivity contribution in [1.29, 1.82) is 5.26 Å². The SMILES string of the molecule is CCc1ccccc1N/C(SCc1ccccc1C)=C(/C#N)S(=O)(=O)c1ccccc1. The average Bonchev–Trinajstić information content (AvgIpc) is 2.79. The monoisotopic (exact) mass is 448 g/mol. The quantitative estimate of drug-likeness (QED) is 0.424. The highest BCUT2D eigenvalue weighted by Gasteiger charge is 2.26. The molecule has 0 unspecified atom stereocenters. The summed E-state index contributed by atoms with van der Waals surface area (Å²) in [4.78, 5) is -0.172. The van der Waals surface area contributed by atoms with Crippen molar-refractivity contribution in [2.24, 2.45) is 0 Å². The summed E-state index contributed by atoms with van der Waals surface area (Å²) in [6.45, 7) is 4.06. The van der Waals surface area contributed by atoms with E-state index in [9.17, 15) is 13.7 Å². The molecule has 158 valence electrons. The van der Waals surface area contributed by atoms with Crippen molar-refractivity contribution in [3.8, 4) is 6.07 Å². The standard InChI is InChI=1S/C25H24N2O2S2/c1-3-20-12-9-10-16-23(20)27-25(30-18-21-13-8-7-11-19(21)2)24(17-26)31(28,29)22-14-5-4-6-15-22/h4-16,27H,3,18H2,1-2H3/b25-24+. The Bertz CT molecular complexity index is 1230. The molecule has 6 heteroatoms. The van der Waals surface area contributed by atoms with Gasteiger partial charge in [-0.3, -0.25) is 0 Å². The Hall–Kier alpha value is -3.01. The number of allylic oxidation sites excluding steroid dienone is 1. The van der Waals surface area contributed by atoms with Gasteiger partial charge in [0.15, 0.2) is 4.91 Å². The number of nitrogens with zero attached hydrogens (tertiary/aromatic N) is 1. The van der Waals surface area contributed by atoms with Gasteiger partial charge in [0.25, 0.3) is 0 Å². The number of benzene rings is 3. The Balaban J connectivity index is 2.08. The fraction of sp³-hybridized carbons (Fsp3) is 0.160. The van der Waals surface area contributed by atoms with E-state index < -0.39 is 9.84 Å². The van der Waals surface area contributed by atoms with Crippen molar-refractivity contribution in [2.45, 2.75) is 30.9 Å². The van der Waals surface area contributed by atoms with Gasteiger partial charge in [-0.2, -0.15) is 5.26 Å². The Morgan fingerprint density at radius 2 is 1.55 bits per heavy atom. The fourth-order valence-electron chi connectivity index (χ4n) is 3.10. The molecule has 0 aliphatic carbocycles.